The van der Waals surface area contributed by atoms with Crippen LogP contribution >= 0.6 is 15.9 Å². The summed E-state index contributed by atoms with van der Waals surface area (Å²) in [5.74, 6) is -1.62. The molecule has 0 aromatic heterocycles. The lowest BCUT2D eigenvalue weighted by Gasteiger charge is -2.37. The molecule has 1 aromatic carbocycles. The molecule has 1 nitrogen and oxygen atoms in total. The van der Waals surface area contributed by atoms with Gasteiger partial charge in [0.05, 0.1) is 4.47 Å². The lowest BCUT2D eigenvalue weighted by atomic mass is 9.69. The van der Waals surface area contributed by atoms with Crippen molar-refractivity contribution in [1.82, 2.24) is 0 Å². The smallest absolute Gasteiger partial charge is 0.172 e. The number of benzene rings is 1. The van der Waals surface area contributed by atoms with Crippen LogP contribution in [-0.4, -0.2) is 6.54 Å². The van der Waals surface area contributed by atoms with Gasteiger partial charge in [-0.25, -0.2) is 8.78 Å². The number of nitrogens with two attached hydrogens (primary N) is 1. The second-order valence-electron chi connectivity index (χ2n) is 4.80. The highest BCUT2D eigenvalue weighted by Crippen LogP contribution is 2.40. The number of halogens is 3. The van der Waals surface area contributed by atoms with Gasteiger partial charge in [0, 0.05) is 12.0 Å². The summed E-state index contributed by atoms with van der Waals surface area (Å²) in [5.41, 5.74) is 6.53. The first-order chi connectivity index (χ1) is 8.09. The number of rotatable bonds is 2. The summed E-state index contributed by atoms with van der Waals surface area (Å²) in [4.78, 5) is 0. The molecule has 1 aliphatic rings. The van der Waals surface area contributed by atoms with Crippen molar-refractivity contribution in [2.75, 3.05) is 6.54 Å². The first-order valence-electron chi connectivity index (χ1n) is 5.94. The first kappa shape index (κ1) is 13.0. The summed E-state index contributed by atoms with van der Waals surface area (Å²) in [5, 5.41) is 0. The molecule has 1 aliphatic carbocycles. The molecular weight excluding hydrogens is 288 g/mol. The van der Waals surface area contributed by atoms with Crippen molar-refractivity contribution in [3.8, 4) is 0 Å². The van der Waals surface area contributed by atoms with Crippen molar-refractivity contribution in [1.29, 1.82) is 0 Å². The van der Waals surface area contributed by atoms with E-state index in [4.69, 9.17) is 5.73 Å². The van der Waals surface area contributed by atoms with Gasteiger partial charge in [0.15, 0.2) is 11.6 Å². The molecule has 0 unspecified atom stereocenters. The van der Waals surface area contributed by atoms with Gasteiger partial charge in [-0.05, 0) is 46.5 Å². The van der Waals surface area contributed by atoms with Crippen molar-refractivity contribution in [3.63, 3.8) is 0 Å². The van der Waals surface area contributed by atoms with E-state index in [1.807, 2.05) is 0 Å². The Morgan fingerprint density at radius 3 is 2.35 bits per heavy atom. The van der Waals surface area contributed by atoms with E-state index < -0.39 is 11.6 Å². The van der Waals surface area contributed by atoms with E-state index in [1.165, 1.54) is 12.5 Å². The lowest BCUT2D eigenvalue weighted by Crippen LogP contribution is -2.37. The van der Waals surface area contributed by atoms with E-state index in [0.29, 0.717) is 6.54 Å². The Kier molecular flexibility index (Phi) is 3.83. The highest BCUT2D eigenvalue weighted by Gasteiger charge is 2.33. The second kappa shape index (κ2) is 5.02. The molecule has 0 saturated heterocycles. The Morgan fingerprint density at radius 1 is 1.18 bits per heavy atom. The number of hydrogen-bond donors (Lipinski definition) is 1. The zero-order valence-corrected chi connectivity index (χ0v) is 11.2. The van der Waals surface area contributed by atoms with E-state index in [9.17, 15) is 8.78 Å². The molecule has 1 saturated carbocycles. The molecule has 17 heavy (non-hydrogen) atoms. The minimum atomic E-state index is -0.822. The fraction of sp³-hybridized carbons (Fsp3) is 0.538. The molecule has 0 aliphatic heterocycles. The quantitative estimate of drug-likeness (QED) is 0.824. The molecule has 0 atom stereocenters. The molecule has 1 aromatic rings. The Hall–Kier alpha value is -0.480. The average Bonchev–Trinajstić information content (AvgIpc) is 2.36. The van der Waals surface area contributed by atoms with E-state index in [0.717, 1.165) is 31.2 Å². The summed E-state index contributed by atoms with van der Waals surface area (Å²) in [6, 6.07) is 2.98. The van der Waals surface area contributed by atoms with Crippen LogP contribution < -0.4 is 5.73 Å². The summed E-state index contributed by atoms with van der Waals surface area (Å²) in [7, 11) is 0. The van der Waals surface area contributed by atoms with Gasteiger partial charge >= 0.3 is 0 Å². The minimum Gasteiger partial charge on any atom is -0.330 e. The third kappa shape index (κ3) is 2.38. The summed E-state index contributed by atoms with van der Waals surface area (Å²) < 4.78 is 26.9. The molecule has 0 bridgehead atoms. The van der Waals surface area contributed by atoms with Gasteiger partial charge in [-0.2, -0.15) is 0 Å². The molecule has 0 spiro atoms. The van der Waals surface area contributed by atoms with Gasteiger partial charge in [0.25, 0.3) is 0 Å². The van der Waals surface area contributed by atoms with Crippen LogP contribution in [0.15, 0.2) is 16.6 Å². The number of hydrogen-bond acceptors (Lipinski definition) is 1. The van der Waals surface area contributed by atoms with Crippen molar-refractivity contribution in [3.05, 3.63) is 33.8 Å². The predicted molar refractivity (Wildman–Crippen MR) is 67.9 cm³/mol. The van der Waals surface area contributed by atoms with Gasteiger partial charge in [-0.15, -0.1) is 0 Å². The molecule has 0 radical (unpaired) electrons. The Balaban J connectivity index is 2.43. The summed E-state index contributed by atoms with van der Waals surface area (Å²) in [6.45, 7) is 0.491. The molecule has 94 valence electrons. The maximum Gasteiger partial charge on any atom is 0.172 e. The standard InChI is InChI=1S/C13H16BrF2N/c14-10-6-9(7-11(15)12(10)16)13(8-17)4-2-1-3-5-13/h6-7H,1-5,8,17H2. The summed E-state index contributed by atoms with van der Waals surface area (Å²) >= 11 is 3.06. The summed E-state index contributed by atoms with van der Waals surface area (Å²) in [6.07, 6.45) is 5.33. The average molecular weight is 304 g/mol. The van der Waals surface area contributed by atoms with Crippen LogP contribution in [0.5, 0.6) is 0 Å². The molecule has 2 rings (SSSR count). The largest absolute Gasteiger partial charge is 0.330 e. The zero-order chi connectivity index (χ0) is 12.5. The predicted octanol–water partition coefficient (Wildman–Crippen LogP) is 3.89. The highest BCUT2D eigenvalue weighted by molar-refractivity contribution is 9.10. The highest BCUT2D eigenvalue weighted by atomic mass is 79.9. The second-order valence-corrected chi connectivity index (χ2v) is 5.65. The van der Waals surface area contributed by atoms with Crippen LogP contribution in [-0.2, 0) is 5.41 Å². The molecule has 4 heteroatoms. The van der Waals surface area contributed by atoms with E-state index in [-0.39, 0.29) is 9.89 Å². The van der Waals surface area contributed by atoms with E-state index in [2.05, 4.69) is 15.9 Å². The minimum absolute atomic E-state index is 0.171. The van der Waals surface area contributed by atoms with Gasteiger partial charge in [0.2, 0.25) is 0 Å². The Labute approximate surface area is 109 Å². The Bertz CT molecular complexity index is 391. The van der Waals surface area contributed by atoms with Gasteiger partial charge in [0.1, 0.15) is 0 Å². The van der Waals surface area contributed by atoms with Crippen LogP contribution in [0.4, 0.5) is 8.78 Å². The van der Waals surface area contributed by atoms with Crippen molar-refractivity contribution < 1.29 is 8.78 Å². The van der Waals surface area contributed by atoms with Crippen molar-refractivity contribution >= 4 is 15.9 Å². The molecular formula is C13H16BrF2N. The first-order valence-corrected chi connectivity index (χ1v) is 6.73. The van der Waals surface area contributed by atoms with E-state index >= 15 is 0 Å². The fourth-order valence-corrected chi connectivity index (χ4v) is 3.14. The maximum absolute atomic E-state index is 13.5. The molecule has 0 amide bonds. The van der Waals surface area contributed by atoms with Crippen molar-refractivity contribution in [2.24, 2.45) is 5.73 Å². The normalized spacial score (nSPS) is 19.3. The van der Waals surface area contributed by atoms with Gasteiger partial charge < -0.3 is 5.73 Å². The molecule has 2 N–H and O–H groups in total. The fourth-order valence-electron chi connectivity index (χ4n) is 2.70. The third-order valence-electron chi connectivity index (χ3n) is 3.80. The zero-order valence-electron chi connectivity index (χ0n) is 9.61. The van der Waals surface area contributed by atoms with Crippen molar-refractivity contribution in [2.45, 2.75) is 37.5 Å². The van der Waals surface area contributed by atoms with Gasteiger partial charge in [-0.3, -0.25) is 0 Å². The van der Waals surface area contributed by atoms with Crippen LogP contribution in [0.25, 0.3) is 0 Å². The molecule has 1 fully saturated rings. The van der Waals surface area contributed by atoms with Crippen LogP contribution in [0, 0.1) is 11.6 Å². The third-order valence-corrected chi connectivity index (χ3v) is 4.37. The van der Waals surface area contributed by atoms with Gasteiger partial charge in [-0.1, -0.05) is 19.3 Å². The van der Waals surface area contributed by atoms with Crippen LogP contribution in [0.1, 0.15) is 37.7 Å². The van der Waals surface area contributed by atoms with E-state index in [1.54, 1.807) is 6.07 Å². The topological polar surface area (TPSA) is 26.0 Å². The van der Waals surface area contributed by atoms with Crippen LogP contribution in [0.3, 0.4) is 0 Å². The molecule has 0 heterocycles. The van der Waals surface area contributed by atoms with Crippen LogP contribution in [0.2, 0.25) is 0 Å². The SMILES string of the molecule is NCC1(c2cc(F)c(F)c(Br)c2)CCCCC1. The maximum atomic E-state index is 13.5. The lowest BCUT2D eigenvalue weighted by molar-refractivity contribution is 0.299. The Morgan fingerprint density at radius 2 is 1.82 bits per heavy atom. The monoisotopic (exact) mass is 303 g/mol.